The molecule has 0 amide bonds. The first-order valence-corrected chi connectivity index (χ1v) is 6.36. The molecule has 110 valence electrons. The van der Waals surface area contributed by atoms with E-state index >= 15 is 0 Å². The molecular formula is C14H13F5O. The Balaban J connectivity index is 2.27. The van der Waals surface area contributed by atoms with E-state index < -0.39 is 35.4 Å². The highest BCUT2D eigenvalue weighted by molar-refractivity contribution is 5.98. The first-order chi connectivity index (χ1) is 9.30. The van der Waals surface area contributed by atoms with Crippen LogP contribution < -0.4 is 0 Å². The van der Waals surface area contributed by atoms with E-state index in [1.54, 1.807) is 0 Å². The van der Waals surface area contributed by atoms with E-state index in [-0.39, 0.29) is 18.4 Å². The molecular weight excluding hydrogens is 279 g/mol. The van der Waals surface area contributed by atoms with Gasteiger partial charge in [-0.1, -0.05) is 12.8 Å². The minimum absolute atomic E-state index is 0.0937. The van der Waals surface area contributed by atoms with Crippen LogP contribution in [-0.4, -0.2) is 12.0 Å². The smallest absolute Gasteiger partial charge is 0.294 e. The van der Waals surface area contributed by atoms with E-state index in [2.05, 4.69) is 0 Å². The summed E-state index contributed by atoms with van der Waals surface area (Å²) in [6, 6.07) is 2.45. The van der Waals surface area contributed by atoms with Crippen molar-refractivity contribution in [3.8, 4) is 0 Å². The van der Waals surface area contributed by atoms with Crippen LogP contribution in [0.15, 0.2) is 18.2 Å². The van der Waals surface area contributed by atoms with E-state index in [1.807, 2.05) is 0 Å². The normalized spacial score (nSPS) is 23.6. The summed E-state index contributed by atoms with van der Waals surface area (Å²) < 4.78 is 64.7. The van der Waals surface area contributed by atoms with E-state index in [1.165, 1.54) is 0 Å². The van der Waals surface area contributed by atoms with Gasteiger partial charge in [-0.15, -0.1) is 0 Å². The van der Waals surface area contributed by atoms with Gasteiger partial charge in [0, 0.05) is 11.5 Å². The van der Waals surface area contributed by atoms with Crippen LogP contribution in [0.3, 0.4) is 0 Å². The first kappa shape index (κ1) is 14.9. The molecule has 20 heavy (non-hydrogen) atoms. The molecule has 1 aromatic carbocycles. The number of ketones is 1. The Morgan fingerprint density at radius 1 is 1.05 bits per heavy atom. The average molecular weight is 292 g/mol. The third-order valence-corrected chi connectivity index (χ3v) is 3.73. The Morgan fingerprint density at radius 2 is 1.70 bits per heavy atom. The Labute approximate surface area is 112 Å². The van der Waals surface area contributed by atoms with E-state index in [9.17, 15) is 26.7 Å². The largest absolute Gasteiger partial charge is 0.392 e. The highest BCUT2D eigenvalue weighted by Gasteiger charge is 2.48. The number of Topliss-reactive ketones (excluding diaryl/α,β-unsaturated/α-hetero) is 1. The highest BCUT2D eigenvalue weighted by atomic mass is 19.4. The summed E-state index contributed by atoms with van der Waals surface area (Å²) in [7, 11) is 0. The van der Waals surface area contributed by atoms with Crippen LogP contribution in [0.25, 0.3) is 0 Å². The first-order valence-electron chi connectivity index (χ1n) is 6.36. The summed E-state index contributed by atoms with van der Waals surface area (Å²) in [5, 5.41) is 0. The number of carbonyl (C=O) groups is 1. The second-order valence-electron chi connectivity index (χ2n) is 5.03. The maximum Gasteiger partial charge on any atom is 0.392 e. The summed E-state index contributed by atoms with van der Waals surface area (Å²) in [5.74, 6) is -6.01. The zero-order valence-corrected chi connectivity index (χ0v) is 10.5. The van der Waals surface area contributed by atoms with Gasteiger partial charge in [-0.3, -0.25) is 4.79 Å². The standard InChI is InChI=1S/C14H13F5O/c15-11-6-5-8(7-12(11)16)13(20)9-3-1-2-4-10(9)14(17,18)19/h5-7,9-10H,1-4H2. The molecule has 1 aromatic rings. The average Bonchev–Trinajstić information content (AvgIpc) is 2.40. The number of carbonyl (C=O) groups excluding carboxylic acids is 1. The quantitative estimate of drug-likeness (QED) is 0.578. The molecule has 0 N–H and O–H groups in total. The topological polar surface area (TPSA) is 17.1 Å². The van der Waals surface area contributed by atoms with Crippen molar-refractivity contribution in [3.05, 3.63) is 35.4 Å². The van der Waals surface area contributed by atoms with Gasteiger partial charge in [0.15, 0.2) is 17.4 Å². The fraction of sp³-hybridized carbons (Fsp3) is 0.500. The minimum atomic E-state index is -4.45. The van der Waals surface area contributed by atoms with Gasteiger partial charge in [-0.25, -0.2) is 8.78 Å². The van der Waals surface area contributed by atoms with Crippen LogP contribution in [0.5, 0.6) is 0 Å². The number of benzene rings is 1. The molecule has 0 spiro atoms. The number of alkyl halides is 3. The van der Waals surface area contributed by atoms with Crippen LogP contribution in [0.4, 0.5) is 22.0 Å². The van der Waals surface area contributed by atoms with Gasteiger partial charge < -0.3 is 0 Å². The highest BCUT2D eigenvalue weighted by Crippen LogP contribution is 2.42. The SMILES string of the molecule is O=C(c1ccc(F)c(F)c1)C1CCCCC1C(F)(F)F. The molecule has 0 saturated heterocycles. The lowest BCUT2D eigenvalue weighted by atomic mass is 9.75. The Bertz CT molecular complexity index is 509. The van der Waals surface area contributed by atoms with Crippen LogP contribution in [-0.2, 0) is 0 Å². The molecule has 2 unspecified atom stereocenters. The molecule has 2 atom stereocenters. The van der Waals surface area contributed by atoms with Gasteiger partial charge >= 0.3 is 6.18 Å². The minimum Gasteiger partial charge on any atom is -0.294 e. The molecule has 1 saturated carbocycles. The molecule has 0 aliphatic heterocycles. The molecule has 0 heterocycles. The number of hydrogen-bond acceptors (Lipinski definition) is 1. The molecule has 0 radical (unpaired) electrons. The lowest BCUT2D eigenvalue weighted by Gasteiger charge is -2.32. The predicted molar refractivity (Wildman–Crippen MR) is 62.2 cm³/mol. The second-order valence-corrected chi connectivity index (χ2v) is 5.03. The molecule has 1 aliphatic carbocycles. The number of halogens is 5. The molecule has 1 aliphatic rings. The van der Waals surface area contributed by atoms with Crippen molar-refractivity contribution in [2.75, 3.05) is 0 Å². The van der Waals surface area contributed by atoms with Gasteiger partial charge in [-0.05, 0) is 31.0 Å². The summed E-state index contributed by atoms with van der Waals surface area (Å²) >= 11 is 0. The Morgan fingerprint density at radius 3 is 2.30 bits per heavy atom. The molecule has 6 heteroatoms. The van der Waals surface area contributed by atoms with Crippen LogP contribution in [0.2, 0.25) is 0 Å². The molecule has 1 fully saturated rings. The van der Waals surface area contributed by atoms with Crippen molar-refractivity contribution in [1.29, 1.82) is 0 Å². The lowest BCUT2D eigenvalue weighted by molar-refractivity contribution is -0.190. The monoisotopic (exact) mass is 292 g/mol. The zero-order chi connectivity index (χ0) is 14.9. The summed E-state index contributed by atoms with van der Waals surface area (Å²) in [6.07, 6.45) is -3.46. The van der Waals surface area contributed by atoms with E-state index in [0.29, 0.717) is 18.9 Å². The zero-order valence-electron chi connectivity index (χ0n) is 10.5. The Kier molecular flexibility index (Phi) is 4.11. The van der Waals surface area contributed by atoms with E-state index in [4.69, 9.17) is 0 Å². The predicted octanol–water partition coefficient (Wildman–Crippen LogP) is 4.52. The van der Waals surface area contributed by atoms with E-state index in [0.717, 1.165) is 12.1 Å². The fourth-order valence-electron chi connectivity index (χ4n) is 2.70. The van der Waals surface area contributed by atoms with Crippen molar-refractivity contribution in [1.82, 2.24) is 0 Å². The molecule has 0 bridgehead atoms. The molecule has 1 nitrogen and oxygen atoms in total. The summed E-state index contributed by atoms with van der Waals surface area (Å²) in [5.41, 5.74) is -0.204. The van der Waals surface area contributed by atoms with Crippen molar-refractivity contribution >= 4 is 5.78 Å². The number of rotatable bonds is 2. The van der Waals surface area contributed by atoms with Crippen molar-refractivity contribution in [2.45, 2.75) is 31.9 Å². The summed E-state index contributed by atoms with van der Waals surface area (Å²) in [6.45, 7) is 0. The van der Waals surface area contributed by atoms with Crippen LogP contribution >= 0.6 is 0 Å². The fourth-order valence-corrected chi connectivity index (χ4v) is 2.70. The van der Waals surface area contributed by atoms with Gasteiger partial charge in [-0.2, -0.15) is 13.2 Å². The number of hydrogen-bond donors (Lipinski definition) is 0. The van der Waals surface area contributed by atoms with Gasteiger partial charge in [0.1, 0.15) is 0 Å². The summed E-state index contributed by atoms with van der Waals surface area (Å²) in [4.78, 5) is 12.1. The third kappa shape index (κ3) is 2.99. The maximum atomic E-state index is 13.1. The van der Waals surface area contributed by atoms with Crippen LogP contribution in [0, 0.1) is 23.5 Å². The van der Waals surface area contributed by atoms with Gasteiger partial charge in [0.05, 0.1) is 5.92 Å². The van der Waals surface area contributed by atoms with Crippen molar-refractivity contribution in [3.63, 3.8) is 0 Å². The Hall–Kier alpha value is -1.46. The van der Waals surface area contributed by atoms with Crippen LogP contribution in [0.1, 0.15) is 36.0 Å². The third-order valence-electron chi connectivity index (χ3n) is 3.73. The van der Waals surface area contributed by atoms with Crippen molar-refractivity contribution < 1.29 is 26.7 Å². The maximum absolute atomic E-state index is 13.1. The van der Waals surface area contributed by atoms with Gasteiger partial charge in [0.2, 0.25) is 0 Å². The second kappa shape index (κ2) is 5.50. The molecule has 2 rings (SSSR count). The van der Waals surface area contributed by atoms with Gasteiger partial charge in [0.25, 0.3) is 0 Å². The lowest BCUT2D eigenvalue weighted by Crippen LogP contribution is -2.37. The molecule has 0 aromatic heterocycles. The van der Waals surface area contributed by atoms with Crippen molar-refractivity contribution in [2.24, 2.45) is 11.8 Å².